The second-order valence-electron chi connectivity index (χ2n) is 4.24. The zero-order valence-corrected chi connectivity index (χ0v) is 12.8. The van der Waals surface area contributed by atoms with Crippen LogP contribution >= 0.6 is 11.3 Å². The number of nitrogens with zero attached hydrogens (tertiary/aromatic N) is 1. The summed E-state index contributed by atoms with van der Waals surface area (Å²) >= 11 is 1.32. The lowest BCUT2D eigenvalue weighted by Crippen LogP contribution is -2.37. The molecule has 0 fully saturated rings. The Balaban J connectivity index is 2.79. The monoisotopic (exact) mass is 293 g/mol. The average molecular weight is 293 g/mol. The highest BCUT2D eigenvalue weighted by atomic mass is 32.1. The van der Waals surface area contributed by atoms with Crippen LogP contribution in [0.15, 0.2) is 6.07 Å². The average Bonchev–Trinajstić information content (AvgIpc) is 2.77. The molecule has 0 aliphatic rings. The van der Waals surface area contributed by atoms with Crippen LogP contribution in [0, 0.1) is 18.8 Å². The Morgan fingerprint density at radius 2 is 2.20 bits per heavy atom. The number of thiophene rings is 1. The van der Waals surface area contributed by atoms with E-state index in [-0.39, 0.29) is 24.9 Å². The van der Waals surface area contributed by atoms with E-state index in [0.29, 0.717) is 11.4 Å². The lowest BCUT2D eigenvalue weighted by Gasteiger charge is -2.15. The number of hydrogen-bond acceptors (Lipinski definition) is 4. The van der Waals surface area contributed by atoms with Crippen LogP contribution in [0.2, 0.25) is 0 Å². The fourth-order valence-corrected chi connectivity index (χ4v) is 2.61. The maximum absolute atomic E-state index is 12.2. The van der Waals surface area contributed by atoms with Crippen molar-refractivity contribution in [3.63, 3.8) is 0 Å². The normalized spacial score (nSPS) is 9.60. The first kappa shape index (κ1) is 16.2. The number of hydrogen-bond donors (Lipinski definition) is 2. The van der Waals surface area contributed by atoms with Gasteiger partial charge < -0.3 is 16.0 Å². The summed E-state index contributed by atoms with van der Waals surface area (Å²) in [6.07, 6.45) is 0. The Kier molecular flexibility index (Phi) is 6.22. The molecule has 0 saturated heterocycles. The van der Waals surface area contributed by atoms with Crippen molar-refractivity contribution in [1.82, 2.24) is 10.2 Å². The molecule has 0 aliphatic carbocycles. The molecule has 108 valence electrons. The molecule has 0 atom stereocenters. The van der Waals surface area contributed by atoms with Crippen molar-refractivity contribution in [2.45, 2.75) is 13.8 Å². The fraction of sp³-hybridized carbons (Fsp3) is 0.429. The first-order valence-electron chi connectivity index (χ1n) is 6.31. The van der Waals surface area contributed by atoms with E-state index >= 15 is 0 Å². The Morgan fingerprint density at radius 1 is 1.50 bits per heavy atom. The van der Waals surface area contributed by atoms with Crippen molar-refractivity contribution in [2.24, 2.45) is 5.73 Å². The summed E-state index contributed by atoms with van der Waals surface area (Å²) in [7, 11) is 1.61. The number of likely N-dealkylation sites (N-methyl/N-ethyl adjacent to an activating group) is 2. The summed E-state index contributed by atoms with van der Waals surface area (Å²) in [5, 5.41) is 2.66. The Bertz CT molecular complexity index is 555. The maximum Gasteiger partial charge on any atom is 0.264 e. The molecule has 1 aromatic rings. The van der Waals surface area contributed by atoms with E-state index in [1.165, 1.54) is 16.2 Å². The van der Waals surface area contributed by atoms with Crippen LogP contribution in [-0.4, -0.2) is 43.4 Å². The highest BCUT2D eigenvalue weighted by Crippen LogP contribution is 2.22. The molecular weight excluding hydrogens is 274 g/mol. The van der Waals surface area contributed by atoms with Crippen molar-refractivity contribution in [1.29, 1.82) is 0 Å². The molecule has 20 heavy (non-hydrogen) atoms. The SMILES string of the molecule is CCNC(=O)CN(C)C(=O)c1cc(C)c(C#CCN)s1. The van der Waals surface area contributed by atoms with E-state index < -0.39 is 0 Å². The summed E-state index contributed by atoms with van der Waals surface area (Å²) in [4.78, 5) is 26.5. The summed E-state index contributed by atoms with van der Waals surface area (Å²) in [6.45, 7) is 4.63. The molecule has 6 heteroatoms. The van der Waals surface area contributed by atoms with Gasteiger partial charge in [-0.15, -0.1) is 11.3 Å². The second-order valence-corrected chi connectivity index (χ2v) is 5.30. The molecule has 0 aliphatic heterocycles. The minimum Gasteiger partial charge on any atom is -0.355 e. The maximum atomic E-state index is 12.2. The van der Waals surface area contributed by atoms with E-state index in [4.69, 9.17) is 5.73 Å². The van der Waals surface area contributed by atoms with Crippen LogP contribution in [-0.2, 0) is 4.79 Å². The first-order chi connectivity index (χ1) is 9.49. The van der Waals surface area contributed by atoms with Crippen LogP contribution in [0.4, 0.5) is 0 Å². The van der Waals surface area contributed by atoms with Gasteiger partial charge in [0.15, 0.2) is 0 Å². The Morgan fingerprint density at radius 3 is 2.80 bits per heavy atom. The van der Waals surface area contributed by atoms with Gasteiger partial charge in [-0.1, -0.05) is 11.8 Å². The van der Waals surface area contributed by atoms with Gasteiger partial charge in [-0.05, 0) is 25.5 Å². The molecular formula is C14H19N3O2S. The van der Waals surface area contributed by atoms with Crippen LogP contribution in [0.25, 0.3) is 0 Å². The lowest BCUT2D eigenvalue weighted by molar-refractivity contribution is -0.121. The standard InChI is InChI=1S/C14H19N3O2S/c1-4-16-13(18)9-17(3)14(19)12-8-10(2)11(20-12)6-5-7-15/h8H,4,7,9,15H2,1-3H3,(H,16,18). The fourth-order valence-electron chi connectivity index (χ4n) is 1.57. The van der Waals surface area contributed by atoms with Crippen molar-refractivity contribution >= 4 is 23.2 Å². The number of aryl methyl sites for hydroxylation is 1. The summed E-state index contributed by atoms with van der Waals surface area (Å²) in [5.74, 6) is 5.37. The summed E-state index contributed by atoms with van der Waals surface area (Å²) in [6, 6.07) is 1.79. The molecule has 2 amide bonds. The van der Waals surface area contributed by atoms with Crippen LogP contribution in [0.5, 0.6) is 0 Å². The van der Waals surface area contributed by atoms with Gasteiger partial charge >= 0.3 is 0 Å². The topological polar surface area (TPSA) is 75.4 Å². The molecule has 0 aromatic carbocycles. The van der Waals surface area contributed by atoms with Gasteiger partial charge in [-0.25, -0.2) is 0 Å². The smallest absolute Gasteiger partial charge is 0.264 e. The minimum absolute atomic E-state index is 0.0490. The van der Waals surface area contributed by atoms with E-state index in [1.54, 1.807) is 13.1 Å². The number of rotatable bonds is 4. The third-order valence-electron chi connectivity index (χ3n) is 2.53. The third kappa shape index (κ3) is 4.37. The Hall–Kier alpha value is -1.84. The molecule has 5 nitrogen and oxygen atoms in total. The molecule has 1 heterocycles. The van der Waals surface area contributed by atoms with Crippen molar-refractivity contribution in [2.75, 3.05) is 26.7 Å². The van der Waals surface area contributed by atoms with Crippen LogP contribution < -0.4 is 11.1 Å². The zero-order chi connectivity index (χ0) is 15.1. The number of carbonyl (C=O) groups excluding carboxylic acids is 2. The van der Waals surface area contributed by atoms with Crippen molar-refractivity contribution in [3.05, 3.63) is 21.4 Å². The zero-order valence-electron chi connectivity index (χ0n) is 11.9. The second kappa shape index (κ2) is 7.68. The van der Waals surface area contributed by atoms with Gasteiger partial charge in [0, 0.05) is 13.6 Å². The largest absolute Gasteiger partial charge is 0.355 e. The number of amides is 2. The molecule has 0 saturated carbocycles. The predicted octanol–water partition coefficient (Wildman–Crippen LogP) is 0.575. The lowest BCUT2D eigenvalue weighted by atomic mass is 10.2. The number of nitrogens with two attached hydrogens (primary N) is 1. The van der Waals surface area contributed by atoms with Crippen LogP contribution in [0.3, 0.4) is 0 Å². The van der Waals surface area contributed by atoms with Gasteiger partial charge in [0.1, 0.15) is 0 Å². The van der Waals surface area contributed by atoms with E-state index in [9.17, 15) is 9.59 Å². The van der Waals surface area contributed by atoms with E-state index in [0.717, 1.165) is 10.4 Å². The molecule has 3 N–H and O–H groups in total. The first-order valence-corrected chi connectivity index (χ1v) is 7.12. The number of carbonyl (C=O) groups is 2. The molecule has 1 rings (SSSR count). The Labute approximate surface area is 123 Å². The van der Waals surface area contributed by atoms with Crippen molar-refractivity contribution in [3.8, 4) is 11.8 Å². The van der Waals surface area contributed by atoms with E-state index in [1.807, 2.05) is 13.8 Å². The molecule has 1 aromatic heterocycles. The predicted molar refractivity (Wildman–Crippen MR) is 80.6 cm³/mol. The summed E-state index contributed by atoms with van der Waals surface area (Å²) in [5.41, 5.74) is 6.29. The highest BCUT2D eigenvalue weighted by molar-refractivity contribution is 7.14. The third-order valence-corrected chi connectivity index (χ3v) is 3.67. The van der Waals surface area contributed by atoms with Crippen molar-refractivity contribution < 1.29 is 9.59 Å². The number of nitrogens with one attached hydrogen (secondary N) is 1. The molecule has 0 spiro atoms. The van der Waals surface area contributed by atoms with Gasteiger partial charge in [-0.3, -0.25) is 9.59 Å². The van der Waals surface area contributed by atoms with Gasteiger partial charge in [0.25, 0.3) is 5.91 Å². The highest BCUT2D eigenvalue weighted by Gasteiger charge is 2.17. The van der Waals surface area contributed by atoms with Gasteiger partial charge in [0.05, 0.1) is 22.8 Å². The molecule has 0 radical (unpaired) electrons. The quantitative estimate of drug-likeness (QED) is 0.797. The van der Waals surface area contributed by atoms with Gasteiger partial charge in [0.2, 0.25) is 5.91 Å². The minimum atomic E-state index is -0.176. The molecule has 0 bridgehead atoms. The van der Waals surface area contributed by atoms with Crippen LogP contribution in [0.1, 0.15) is 27.0 Å². The van der Waals surface area contributed by atoms with E-state index in [2.05, 4.69) is 17.2 Å². The van der Waals surface area contributed by atoms with Gasteiger partial charge in [-0.2, -0.15) is 0 Å². The molecule has 0 unspecified atom stereocenters. The summed E-state index contributed by atoms with van der Waals surface area (Å²) < 4.78 is 0.